The van der Waals surface area contributed by atoms with Crippen molar-refractivity contribution in [1.82, 2.24) is 0 Å². The molecular weight excluding hydrogens is 199 g/mol. The molecule has 0 saturated carbocycles. The summed E-state index contributed by atoms with van der Waals surface area (Å²) in [6.45, 7) is 1.90. The van der Waals surface area contributed by atoms with E-state index in [2.05, 4.69) is 0 Å². The lowest BCUT2D eigenvalue weighted by molar-refractivity contribution is 0.425. The minimum absolute atomic E-state index is 0.557. The Balaban J connectivity index is 2.55. The average Bonchev–Trinajstić information content (AvgIpc) is 2.30. The highest BCUT2D eigenvalue weighted by Gasteiger charge is 2.15. The first-order valence-electron chi connectivity index (χ1n) is 5.21. The van der Waals surface area contributed by atoms with Crippen LogP contribution in [-0.2, 0) is 0 Å². The number of rotatable bonds is 2. The van der Waals surface area contributed by atoms with Crippen LogP contribution in [0.3, 0.4) is 0 Å². The zero-order valence-corrected chi connectivity index (χ0v) is 9.09. The summed E-state index contributed by atoms with van der Waals surface area (Å²) >= 11 is 0. The monoisotopic (exact) mass is 212 g/mol. The molecule has 0 amide bonds. The molecule has 0 aromatic heterocycles. The van der Waals surface area contributed by atoms with Crippen LogP contribution < -0.4 is 5.46 Å². The molecule has 0 atom stereocenters. The van der Waals surface area contributed by atoms with Crippen molar-refractivity contribution in [3.63, 3.8) is 0 Å². The summed E-state index contributed by atoms with van der Waals surface area (Å²) in [6.07, 6.45) is 0. The fourth-order valence-corrected chi connectivity index (χ4v) is 1.86. The van der Waals surface area contributed by atoms with E-state index < -0.39 is 7.12 Å². The Morgan fingerprint density at radius 3 is 2.19 bits per heavy atom. The van der Waals surface area contributed by atoms with Gasteiger partial charge < -0.3 is 10.0 Å². The van der Waals surface area contributed by atoms with E-state index in [1.807, 2.05) is 49.4 Å². The minimum Gasteiger partial charge on any atom is -0.423 e. The summed E-state index contributed by atoms with van der Waals surface area (Å²) < 4.78 is 0. The molecule has 0 unspecified atom stereocenters. The molecule has 0 spiro atoms. The van der Waals surface area contributed by atoms with Gasteiger partial charge in [-0.3, -0.25) is 0 Å². The highest BCUT2D eigenvalue weighted by molar-refractivity contribution is 6.59. The molecule has 0 saturated heterocycles. The van der Waals surface area contributed by atoms with Crippen LogP contribution in [0.2, 0.25) is 0 Å². The fourth-order valence-electron chi connectivity index (χ4n) is 1.86. The average molecular weight is 212 g/mol. The highest BCUT2D eigenvalue weighted by atomic mass is 16.4. The Labute approximate surface area is 95.3 Å². The van der Waals surface area contributed by atoms with Crippen molar-refractivity contribution in [2.75, 3.05) is 0 Å². The maximum Gasteiger partial charge on any atom is 0.488 e. The van der Waals surface area contributed by atoms with Crippen LogP contribution in [0.5, 0.6) is 0 Å². The topological polar surface area (TPSA) is 40.5 Å². The normalized spacial score (nSPS) is 10.2. The first-order chi connectivity index (χ1) is 7.70. The van der Waals surface area contributed by atoms with Gasteiger partial charge in [0.1, 0.15) is 0 Å². The van der Waals surface area contributed by atoms with E-state index in [1.54, 1.807) is 6.07 Å². The van der Waals surface area contributed by atoms with E-state index in [4.69, 9.17) is 0 Å². The maximum absolute atomic E-state index is 9.23. The van der Waals surface area contributed by atoms with Gasteiger partial charge in [0, 0.05) is 0 Å². The number of hydrogen-bond donors (Lipinski definition) is 2. The van der Waals surface area contributed by atoms with Gasteiger partial charge in [-0.25, -0.2) is 0 Å². The van der Waals surface area contributed by atoms with Crippen molar-refractivity contribution in [2.24, 2.45) is 0 Å². The lowest BCUT2D eigenvalue weighted by atomic mass is 9.75. The van der Waals surface area contributed by atoms with Crippen LogP contribution in [0.4, 0.5) is 0 Å². The zero-order valence-electron chi connectivity index (χ0n) is 9.09. The molecule has 2 aromatic rings. The predicted molar refractivity (Wildman–Crippen MR) is 66.4 cm³/mol. The largest absolute Gasteiger partial charge is 0.488 e. The summed E-state index contributed by atoms with van der Waals surface area (Å²) in [5.74, 6) is 0. The molecule has 2 aromatic carbocycles. The third kappa shape index (κ3) is 2.01. The molecule has 2 nitrogen and oxygen atoms in total. The van der Waals surface area contributed by atoms with E-state index in [-0.39, 0.29) is 0 Å². The first-order valence-corrected chi connectivity index (χ1v) is 5.21. The van der Waals surface area contributed by atoms with E-state index in [0.717, 1.165) is 16.7 Å². The number of hydrogen-bond acceptors (Lipinski definition) is 2. The van der Waals surface area contributed by atoms with Crippen LogP contribution in [0.15, 0.2) is 48.5 Å². The van der Waals surface area contributed by atoms with Crippen molar-refractivity contribution < 1.29 is 10.0 Å². The lowest BCUT2D eigenvalue weighted by Gasteiger charge is -2.10. The van der Waals surface area contributed by atoms with Gasteiger partial charge in [-0.1, -0.05) is 48.5 Å². The van der Waals surface area contributed by atoms with Gasteiger partial charge >= 0.3 is 7.12 Å². The quantitative estimate of drug-likeness (QED) is 0.737. The summed E-state index contributed by atoms with van der Waals surface area (Å²) in [5.41, 5.74) is 3.58. The molecule has 0 aliphatic rings. The van der Waals surface area contributed by atoms with Gasteiger partial charge in [0.05, 0.1) is 0 Å². The zero-order chi connectivity index (χ0) is 11.5. The molecule has 0 bridgehead atoms. The summed E-state index contributed by atoms with van der Waals surface area (Å²) in [7, 11) is -1.41. The molecule has 0 fully saturated rings. The van der Waals surface area contributed by atoms with Crippen molar-refractivity contribution in [2.45, 2.75) is 6.92 Å². The SMILES string of the molecule is Cc1c(B(O)O)cccc1-c1ccccc1. The Morgan fingerprint density at radius 1 is 0.875 bits per heavy atom. The smallest absolute Gasteiger partial charge is 0.423 e. The van der Waals surface area contributed by atoms with E-state index in [9.17, 15) is 10.0 Å². The lowest BCUT2D eigenvalue weighted by Crippen LogP contribution is -2.32. The van der Waals surface area contributed by atoms with Crippen LogP contribution in [-0.4, -0.2) is 17.2 Å². The standard InChI is InChI=1S/C13H13BO2/c1-10-12(11-6-3-2-4-7-11)8-5-9-13(10)14(15)16/h2-9,15-16H,1H3. The first kappa shape index (κ1) is 10.9. The molecule has 80 valence electrons. The third-order valence-corrected chi connectivity index (χ3v) is 2.74. The van der Waals surface area contributed by atoms with Crippen molar-refractivity contribution in [3.8, 4) is 11.1 Å². The van der Waals surface area contributed by atoms with E-state index in [0.29, 0.717) is 5.46 Å². The van der Waals surface area contributed by atoms with Gasteiger partial charge in [0.15, 0.2) is 0 Å². The Morgan fingerprint density at radius 2 is 1.56 bits per heavy atom. The molecule has 16 heavy (non-hydrogen) atoms. The van der Waals surface area contributed by atoms with Crippen LogP contribution in [0, 0.1) is 6.92 Å². The molecular formula is C13H13BO2. The van der Waals surface area contributed by atoms with Crippen molar-refractivity contribution in [1.29, 1.82) is 0 Å². The van der Waals surface area contributed by atoms with Gasteiger partial charge in [0.2, 0.25) is 0 Å². The Bertz CT molecular complexity index is 481. The molecule has 0 aliphatic heterocycles. The molecule has 0 aliphatic carbocycles. The second-order valence-corrected chi connectivity index (χ2v) is 3.76. The summed E-state index contributed by atoms with van der Waals surface area (Å²) in [6, 6.07) is 15.5. The van der Waals surface area contributed by atoms with Gasteiger partial charge in [-0.15, -0.1) is 0 Å². The molecule has 0 radical (unpaired) electrons. The predicted octanol–water partition coefficient (Wildman–Crippen LogP) is 1.34. The van der Waals surface area contributed by atoms with Crippen LogP contribution in [0.25, 0.3) is 11.1 Å². The number of benzene rings is 2. The van der Waals surface area contributed by atoms with Gasteiger partial charge in [-0.2, -0.15) is 0 Å². The second-order valence-electron chi connectivity index (χ2n) is 3.76. The molecule has 3 heteroatoms. The second kappa shape index (κ2) is 4.52. The molecule has 0 heterocycles. The highest BCUT2D eigenvalue weighted by Crippen LogP contribution is 2.21. The minimum atomic E-state index is -1.41. The van der Waals surface area contributed by atoms with E-state index in [1.165, 1.54) is 0 Å². The van der Waals surface area contributed by atoms with Gasteiger partial charge in [-0.05, 0) is 29.1 Å². The van der Waals surface area contributed by atoms with Crippen molar-refractivity contribution >= 4 is 12.6 Å². The van der Waals surface area contributed by atoms with Crippen LogP contribution in [0.1, 0.15) is 5.56 Å². The maximum atomic E-state index is 9.23. The Kier molecular flexibility index (Phi) is 3.08. The van der Waals surface area contributed by atoms with Crippen molar-refractivity contribution in [3.05, 3.63) is 54.1 Å². The van der Waals surface area contributed by atoms with Crippen LogP contribution >= 0.6 is 0 Å². The van der Waals surface area contributed by atoms with E-state index >= 15 is 0 Å². The molecule has 2 N–H and O–H groups in total. The molecule has 2 rings (SSSR count). The van der Waals surface area contributed by atoms with Gasteiger partial charge in [0.25, 0.3) is 0 Å². The Hall–Kier alpha value is -1.58. The fraction of sp³-hybridized carbons (Fsp3) is 0.0769. The summed E-state index contributed by atoms with van der Waals surface area (Å²) in [4.78, 5) is 0. The summed E-state index contributed by atoms with van der Waals surface area (Å²) in [5, 5.41) is 18.5. The third-order valence-electron chi connectivity index (χ3n) is 2.74.